The molecule has 2 bridgehead atoms. The van der Waals surface area contributed by atoms with E-state index in [1.807, 2.05) is 0 Å². The molecular weight excluding hydrogens is 212 g/mol. The highest BCUT2D eigenvalue weighted by Crippen LogP contribution is 2.49. The Morgan fingerprint density at radius 3 is 2.41 bits per heavy atom. The van der Waals surface area contributed by atoms with Gasteiger partial charge in [-0.1, -0.05) is 26.3 Å². The van der Waals surface area contributed by atoms with E-state index in [-0.39, 0.29) is 11.6 Å². The van der Waals surface area contributed by atoms with Gasteiger partial charge in [-0.3, -0.25) is 0 Å². The summed E-state index contributed by atoms with van der Waals surface area (Å²) in [6.45, 7) is 7.71. The Morgan fingerprint density at radius 1 is 1.35 bits per heavy atom. The van der Waals surface area contributed by atoms with Crippen LogP contribution < -0.4 is 0 Å². The van der Waals surface area contributed by atoms with Gasteiger partial charge in [-0.05, 0) is 50.4 Å². The fraction of sp³-hybridized carbons (Fsp3) is 0.800. The van der Waals surface area contributed by atoms with Crippen LogP contribution in [0.1, 0.15) is 52.4 Å². The van der Waals surface area contributed by atoms with E-state index >= 15 is 0 Å². The minimum Gasteiger partial charge on any atom is -0.456 e. The van der Waals surface area contributed by atoms with E-state index in [2.05, 4.69) is 20.4 Å². The lowest BCUT2D eigenvalue weighted by molar-refractivity contribution is -0.160. The van der Waals surface area contributed by atoms with Crippen molar-refractivity contribution in [1.29, 1.82) is 0 Å². The molecule has 3 unspecified atom stereocenters. The first-order valence-corrected chi connectivity index (χ1v) is 6.92. The molecule has 0 aliphatic heterocycles. The van der Waals surface area contributed by atoms with Gasteiger partial charge in [-0.15, -0.1) is 0 Å². The summed E-state index contributed by atoms with van der Waals surface area (Å²) >= 11 is 0. The molecule has 2 nitrogen and oxygen atoms in total. The number of carbonyl (C=O) groups is 1. The molecule has 2 aliphatic carbocycles. The van der Waals surface area contributed by atoms with Crippen LogP contribution >= 0.6 is 0 Å². The van der Waals surface area contributed by atoms with E-state index in [0.717, 1.165) is 18.3 Å². The molecule has 0 aromatic heterocycles. The summed E-state index contributed by atoms with van der Waals surface area (Å²) in [4.78, 5) is 11.5. The fourth-order valence-corrected chi connectivity index (χ4v) is 3.72. The standard InChI is InChI=1S/C15H24O2/c1-4-14(16)17-15(3,5-2)13-9-11-6-7-12(8-11)10-13/h4,11-13H,1,5-10H2,2-3H3. The minimum absolute atomic E-state index is 0.271. The fourth-order valence-electron chi connectivity index (χ4n) is 3.72. The summed E-state index contributed by atoms with van der Waals surface area (Å²) in [6, 6.07) is 0. The maximum Gasteiger partial charge on any atom is 0.330 e. The summed E-state index contributed by atoms with van der Waals surface area (Å²) in [6.07, 6.45) is 8.84. The average molecular weight is 236 g/mol. The maximum absolute atomic E-state index is 11.5. The molecule has 2 aliphatic rings. The van der Waals surface area contributed by atoms with Gasteiger partial charge in [0.2, 0.25) is 0 Å². The van der Waals surface area contributed by atoms with Crippen LogP contribution in [-0.2, 0) is 9.53 Å². The van der Waals surface area contributed by atoms with Crippen LogP contribution in [0.4, 0.5) is 0 Å². The van der Waals surface area contributed by atoms with Gasteiger partial charge in [0.25, 0.3) is 0 Å². The lowest BCUT2D eigenvalue weighted by Gasteiger charge is -2.40. The molecule has 0 aromatic rings. The molecule has 0 amide bonds. The number of hydrogen-bond acceptors (Lipinski definition) is 2. The Bertz CT molecular complexity index is 298. The molecule has 0 saturated heterocycles. The lowest BCUT2D eigenvalue weighted by atomic mass is 9.72. The summed E-state index contributed by atoms with van der Waals surface area (Å²) in [5.41, 5.74) is -0.285. The minimum atomic E-state index is -0.285. The van der Waals surface area contributed by atoms with Crippen LogP contribution in [0, 0.1) is 17.8 Å². The molecule has 2 heteroatoms. The number of rotatable bonds is 4. The van der Waals surface area contributed by atoms with Crippen molar-refractivity contribution in [3.8, 4) is 0 Å². The van der Waals surface area contributed by atoms with Crippen molar-refractivity contribution in [1.82, 2.24) is 0 Å². The van der Waals surface area contributed by atoms with Crippen LogP contribution in [0.3, 0.4) is 0 Å². The van der Waals surface area contributed by atoms with Crippen molar-refractivity contribution in [2.75, 3.05) is 0 Å². The predicted octanol–water partition coefficient (Wildman–Crippen LogP) is 3.71. The maximum atomic E-state index is 11.5. The quantitative estimate of drug-likeness (QED) is 0.549. The van der Waals surface area contributed by atoms with Crippen molar-refractivity contribution in [3.63, 3.8) is 0 Å². The van der Waals surface area contributed by atoms with Gasteiger partial charge in [0.15, 0.2) is 0 Å². The molecule has 0 N–H and O–H groups in total. The van der Waals surface area contributed by atoms with E-state index in [1.165, 1.54) is 38.2 Å². The summed E-state index contributed by atoms with van der Waals surface area (Å²) < 4.78 is 5.64. The van der Waals surface area contributed by atoms with Crippen LogP contribution in [0.15, 0.2) is 12.7 Å². The smallest absolute Gasteiger partial charge is 0.330 e. The van der Waals surface area contributed by atoms with E-state index in [1.54, 1.807) is 0 Å². The predicted molar refractivity (Wildman–Crippen MR) is 68.5 cm³/mol. The number of esters is 1. The molecule has 0 heterocycles. The van der Waals surface area contributed by atoms with Gasteiger partial charge in [-0.2, -0.15) is 0 Å². The first-order chi connectivity index (χ1) is 8.07. The molecule has 2 rings (SSSR count). The molecule has 96 valence electrons. The summed E-state index contributed by atoms with van der Waals surface area (Å²) in [7, 11) is 0. The van der Waals surface area contributed by atoms with Gasteiger partial charge < -0.3 is 4.74 Å². The molecule has 3 atom stereocenters. The van der Waals surface area contributed by atoms with Gasteiger partial charge >= 0.3 is 5.97 Å². The lowest BCUT2D eigenvalue weighted by Crippen LogP contribution is -2.41. The van der Waals surface area contributed by atoms with Crippen LogP contribution in [-0.4, -0.2) is 11.6 Å². The summed E-state index contributed by atoms with van der Waals surface area (Å²) in [5.74, 6) is 2.04. The Morgan fingerprint density at radius 2 is 1.94 bits per heavy atom. The second-order valence-electron chi connectivity index (χ2n) is 6.00. The van der Waals surface area contributed by atoms with Gasteiger partial charge in [0.1, 0.15) is 5.60 Å². The zero-order valence-corrected chi connectivity index (χ0v) is 11.1. The van der Waals surface area contributed by atoms with Crippen molar-refractivity contribution < 1.29 is 9.53 Å². The number of carbonyl (C=O) groups excluding carboxylic acids is 1. The van der Waals surface area contributed by atoms with Gasteiger partial charge in [-0.25, -0.2) is 4.79 Å². The second kappa shape index (κ2) is 4.83. The third-order valence-electron chi connectivity index (χ3n) is 4.95. The van der Waals surface area contributed by atoms with Crippen molar-refractivity contribution in [2.45, 2.75) is 58.0 Å². The zero-order chi connectivity index (χ0) is 12.5. The topological polar surface area (TPSA) is 26.3 Å². The Hall–Kier alpha value is -0.790. The molecule has 0 radical (unpaired) electrons. The Labute approximate surface area is 104 Å². The average Bonchev–Trinajstić information content (AvgIpc) is 2.67. The molecule has 2 saturated carbocycles. The third kappa shape index (κ3) is 2.56. The molecule has 0 aromatic carbocycles. The Balaban J connectivity index is 2.06. The highest BCUT2D eigenvalue weighted by molar-refractivity contribution is 5.81. The highest BCUT2D eigenvalue weighted by Gasteiger charge is 2.43. The Kier molecular flexibility index (Phi) is 3.60. The number of ether oxygens (including phenoxy) is 1. The van der Waals surface area contributed by atoms with Crippen LogP contribution in [0.25, 0.3) is 0 Å². The second-order valence-corrected chi connectivity index (χ2v) is 6.00. The van der Waals surface area contributed by atoms with Gasteiger partial charge in [0.05, 0.1) is 0 Å². The third-order valence-corrected chi connectivity index (χ3v) is 4.95. The monoisotopic (exact) mass is 236 g/mol. The molecule has 2 fully saturated rings. The molecule has 0 spiro atoms. The van der Waals surface area contributed by atoms with Crippen LogP contribution in [0.5, 0.6) is 0 Å². The number of hydrogen-bond donors (Lipinski definition) is 0. The van der Waals surface area contributed by atoms with Crippen molar-refractivity contribution in [2.24, 2.45) is 17.8 Å². The van der Waals surface area contributed by atoms with Crippen molar-refractivity contribution >= 4 is 5.97 Å². The normalized spacial score (nSPS) is 35.1. The van der Waals surface area contributed by atoms with E-state index in [0.29, 0.717) is 5.92 Å². The van der Waals surface area contributed by atoms with Crippen LogP contribution in [0.2, 0.25) is 0 Å². The highest BCUT2D eigenvalue weighted by atomic mass is 16.6. The van der Waals surface area contributed by atoms with E-state index in [4.69, 9.17) is 4.74 Å². The first kappa shape index (κ1) is 12.7. The van der Waals surface area contributed by atoms with Gasteiger partial charge in [0, 0.05) is 6.08 Å². The SMILES string of the molecule is C=CC(=O)OC(C)(CC)C1CC2CCC(C2)C1. The van der Waals surface area contributed by atoms with E-state index < -0.39 is 0 Å². The van der Waals surface area contributed by atoms with Crippen molar-refractivity contribution in [3.05, 3.63) is 12.7 Å². The number of fused-ring (bicyclic) bond motifs is 2. The molecular formula is C15H24O2. The van der Waals surface area contributed by atoms with E-state index in [9.17, 15) is 4.79 Å². The molecule has 17 heavy (non-hydrogen) atoms. The summed E-state index contributed by atoms with van der Waals surface area (Å²) in [5, 5.41) is 0. The first-order valence-electron chi connectivity index (χ1n) is 6.92. The largest absolute Gasteiger partial charge is 0.456 e. The zero-order valence-electron chi connectivity index (χ0n) is 11.1.